The Kier molecular flexibility index (Phi) is 3.97. The summed E-state index contributed by atoms with van der Waals surface area (Å²) in [5.41, 5.74) is -0.0542. The molecule has 4 fully saturated rings. The van der Waals surface area contributed by atoms with Crippen molar-refractivity contribution in [2.45, 2.75) is 71.6 Å². The summed E-state index contributed by atoms with van der Waals surface area (Å²) in [5.74, 6) is 3.34. The van der Waals surface area contributed by atoms with Crippen molar-refractivity contribution >= 4 is 17.3 Å². The molecule has 0 radical (unpaired) electrons. The van der Waals surface area contributed by atoms with Crippen LogP contribution in [-0.2, 0) is 14.4 Å². The Labute approximate surface area is 144 Å². The van der Waals surface area contributed by atoms with Gasteiger partial charge in [0, 0.05) is 31.1 Å². The Morgan fingerprint density at radius 2 is 1.88 bits per heavy atom. The van der Waals surface area contributed by atoms with E-state index in [4.69, 9.17) is 0 Å². The van der Waals surface area contributed by atoms with Crippen LogP contribution in [-0.4, -0.2) is 17.3 Å². The molecule has 0 amide bonds. The zero-order valence-corrected chi connectivity index (χ0v) is 15.1. The van der Waals surface area contributed by atoms with Crippen molar-refractivity contribution in [2.75, 3.05) is 0 Å². The van der Waals surface area contributed by atoms with E-state index in [9.17, 15) is 14.4 Å². The number of ketones is 3. The lowest BCUT2D eigenvalue weighted by Crippen LogP contribution is -2.54. The first-order valence-electron chi connectivity index (χ1n) is 10.0. The van der Waals surface area contributed by atoms with Crippen molar-refractivity contribution < 1.29 is 14.4 Å². The predicted octanol–water partition coefficient (Wildman–Crippen LogP) is 3.98. The monoisotopic (exact) mass is 330 g/mol. The molecule has 4 saturated carbocycles. The quantitative estimate of drug-likeness (QED) is 0.769. The van der Waals surface area contributed by atoms with Crippen LogP contribution in [0.3, 0.4) is 0 Å². The molecule has 24 heavy (non-hydrogen) atoms. The molecule has 0 unspecified atom stereocenters. The lowest BCUT2D eigenvalue weighted by atomic mass is 9.48. The lowest BCUT2D eigenvalue weighted by Gasteiger charge is -2.55. The smallest absolute Gasteiger partial charge is 0.137 e. The molecular weight excluding hydrogens is 300 g/mol. The highest BCUT2D eigenvalue weighted by Crippen LogP contribution is 2.64. The standard InChI is InChI=1S/C21H30O3/c1-3-21-11-19(24)20-15-7-5-14(23)10-13(15)4-6-16(20)18(21)9-8-17(21)12(2)22/h13,15-18,20H,3-11H2,1-2H3/t13-,15-,16-,17+,18-,20+,21+/m0/s1. The molecule has 0 aromatic heterocycles. The zero-order chi connectivity index (χ0) is 17.1. The van der Waals surface area contributed by atoms with Crippen LogP contribution in [0.15, 0.2) is 0 Å². The number of carbonyl (C=O) groups excluding carboxylic acids is 3. The molecular formula is C21H30O3. The third-order valence-electron chi connectivity index (χ3n) is 8.38. The summed E-state index contributed by atoms with van der Waals surface area (Å²) >= 11 is 0. The second-order valence-electron chi connectivity index (χ2n) is 9.05. The van der Waals surface area contributed by atoms with Gasteiger partial charge in [-0.1, -0.05) is 6.92 Å². The molecule has 0 N–H and O–H groups in total. The van der Waals surface area contributed by atoms with Crippen LogP contribution in [0.4, 0.5) is 0 Å². The third-order valence-corrected chi connectivity index (χ3v) is 8.38. The minimum absolute atomic E-state index is 0.0542. The largest absolute Gasteiger partial charge is 0.300 e. The van der Waals surface area contributed by atoms with E-state index in [2.05, 4.69) is 6.92 Å². The van der Waals surface area contributed by atoms with E-state index in [-0.39, 0.29) is 17.3 Å². The van der Waals surface area contributed by atoms with Crippen molar-refractivity contribution in [2.24, 2.45) is 40.9 Å². The maximum absolute atomic E-state index is 13.2. The van der Waals surface area contributed by atoms with Gasteiger partial charge in [-0.3, -0.25) is 14.4 Å². The molecule has 0 bridgehead atoms. The summed E-state index contributed by atoms with van der Waals surface area (Å²) < 4.78 is 0. The van der Waals surface area contributed by atoms with Crippen LogP contribution in [0.2, 0.25) is 0 Å². The Balaban J connectivity index is 1.67. The first-order valence-corrected chi connectivity index (χ1v) is 10.0. The normalized spacial score (nSPS) is 47.8. The molecule has 0 aromatic rings. The maximum atomic E-state index is 13.2. The Bertz CT molecular complexity index is 580. The van der Waals surface area contributed by atoms with E-state index in [1.54, 1.807) is 6.92 Å². The number of Topliss-reactive ketones (excluding diaryl/α,β-unsaturated/α-hetero) is 3. The Morgan fingerprint density at radius 1 is 1.08 bits per heavy atom. The van der Waals surface area contributed by atoms with Gasteiger partial charge in [0.1, 0.15) is 17.3 Å². The molecule has 4 aliphatic rings. The van der Waals surface area contributed by atoms with Gasteiger partial charge in [-0.05, 0) is 74.5 Å². The molecule has 3 heteroatoms. The van der Waals surface area contributed by atoms with Gasteiger partial charge in [0.2, 0.25) is 0 Å². The fourth-order valence-corrected chi connectivity index (χ4v) is 7.49. The van der Waals surface area contributed by atoms with E-state index in [1.165, 1.54) is 0 Å². The molecule has 0 saturated heterocycles. The molecule has 0 aliphatic heterocycles. The Morgan fingerprint density at radius 3 is 2.58 bits per heavy atom. The van der Waals surface area contributed by atoms with E-state index in [0.717, 1.165) is 38.5 Å². The molecule has 4 rings (SSSR count). The van der Waals surface area contributed by atoms with Crippen LogP contribution in [0.5, 0.6) is 0 Å². The molecule has 4 aliphatic carbocycles. The number of hydrogen-bond donors (Lipinski definition) is 0. The number of fused-ring (bicyclic) bond motifs is 5. The predicted molar refractivity (Wildman–Crippen MR) is 91.3 cm³/mol. The highest BCUT2D eigenvalue weighted by atomic mass is 16.1. The van der Waals surface area contributed by atoms with Gasteiger partial charge in [-0.25, -0.2) is 0 Å². The number of rotatable bonds is 2. The van der Waals surface area contributed by atoms with Gasteiger partial charge in [-0.15, -0.1) is 0 Å². The summed E-state index contributed by atoms with van der Waals surface area (Å²) in [7, 11) is 0. The molecule has 0 heterocycles. The lowest BCUT2D eigenvalue weighted by molar-refractivity contribution is -0.152. The number of hydrogen-bond acceptors (Lipinski definition) is 3. The van der Waals surface area contributed by atoms with Crippen LogP contribution >= 0.6 is 0 Å². The first kappa shape index (κ1) is 16.5. The van der Waals surface area contributed by atoms with Gasteiger partial charge < -0.3 is 0 Å². The topological polar surface area (TPSA) is 51.2 Å². The second kappa shape index (κ2) is 5.78. The third kappa shape index (κ3) is 2.19. The van der Waals surface area contributed by atoms with Crippen molar-refractivity contribution in [3.8, 4) is 0 Å². The van der Waals surface area contributed by atoms with Crippen LogP contribution in [0.25, 0.3) is 0 Å². The van der Waals surface area contributed by atoms with Gasteiger partial charge in [0.05, 0.1) is 0 Å². The average molecular weight is 330 g/mol. The minimum atomic E-state index is -0.0542. The van der Waals surface area contributed by atoms with Crippen molar-refractivity contribution in [1.82, 2.24) is 0 Å². The molecule has 132 valence electrons. The van der Waals surface area contributed by atoms with E-state index in [0.29, 0.717) is 60.3 Å². The summed E-state index contributed by atoms with van der Waals surface area (Å²) in [6.45, 7) is 3.91. The number of carbonyl (C=O) groups is 3. The summed E-state index contributed by atoms with van der Waals surface area (Å²) in [5, 5.41) is 0. The van der Waals surface area contributed by atoms with Gasteiger partial charge in [-0.2, -0.15) is 0 Å². The maximum Gasteiger partial charge on any atom is 0.137 e. The fourth-order valence-electron chi connectivity index (χ4n) is 7.49. The highest BCUT2D eigenvalue weighted by Gasteiger charge is 2.61. The Hall–Kier alpha value is -0.990. The second-order valence-corrected chi connectivity index (χ2v) is 9.05. The summed E-state index contributed by atoms with van der Waals surface area (Å²) in [6, 6.07) is 0. The zero-order valence-electron chi connectivity index (χ0n) is 15.1. The van der Waals surface area contributed by atoms with Crippen LogP contribution in [0, 0.1) is 40.9 Å². The summed E-state index contributed by atoms with van der Waals surface area (Å²) in [4.78, 5) is 37.3. The fraction of sp³-hybridized carbons (Fsp3) is 0.857. The van der Waals surface area contributed by atoms with Crippen molar-refractivity contribution in [3.63, 3.8) is 0 Å². The minimum Gasteiger partial charge on any atom is -0.300 e. The van der Waals surface area contributed by atoms with E-state index >= 15 is 0 Å². The SMILES string of the molecule is CC[C@]12CC(=O)[C@H]3[C@@H](CC[C@H]4CC(=O)CC[C@@H]43)[C@@H]1CC[C@@H]2C(C)=O. The molecule has 0 aromatic carbocycles. The van der Waals surface area contributed by atoms with Gasteiger partial charge in [0.25, 0.3) is 0 Å². The highest BCUT2D eigenvalue weighted by molar-refractivity contribution is 5.87. The molecule has 7 atom stereocenters. The summed E-state index contributed by atoms with van der Waals surface area (Å²) in [6.07, 6.45) is 8.23. The van der Waals surface area contributed by atoms with E-state index < -0.39 is 0 Å². The van der Waals surface area contributed by atoms with Crippen molar-refractivity contribution in [1.29, 1.82) is 0 Å². The van der Waals surface area contributed by atoms with Crippen molar-refractivity contribution in [3.05, 3.63) is 0 Å². The van der Waals surface area contributed by atoms with Crippen LogP contribution < -0.4 is 0 Å². The molecule has 3 nitrogen and oxygen atoms in total. The first-order chi connectivity index (χ1) is 11.5. The van der Waals surface area contributed by atoms with Gasteiger partial charge in [0.15, 0.2) is 0 Å². The molecule has 0 spiro atoms. The van der Waals surface area contributed by atoms with Crippen LogP contribution in [0.1, 0.15) is 71.6 Å². The van der Waals surface area contributed by atoms with E-state index in [1.807, 2.05) is 0 Å². The average Bonchev–Trinajstić information content (AvgIpc) is 2.94. The van der Waals surface area contributed by atoms with Gasteiger partial charge >= 0.3 is 0 Å².